The Kier molecular flexibility index (Phi) is 8.74. The van der Waals surface area contributed by atoms with Gasteiger partial charge in [-0.15, -0.1) is 0 Å². The van der Waals surface area contributed by atoms with Crippen molar-refractivity contribution in [2.45, 2.75) is 19.3 Å². The van der Waals surface area contributed by atoms with Crippen molar-refractivity contribution in [2.75, 3.05) is 26.4 Å². The second kappa shape index (κ2) is 11.4. The Balaban J connectivity index is 1.46. The molecule has 2 nitrogen and oxygen atoms in total. The number of rotatable bonds is 12. The molecule has 0 saturated heterocycles. The van der Waals surface area contributed by atoms with Crippen LogP contribution in [0.15, 0.2) is 61.7 Å². The van der Waals surface area contributed by atoms with E-state index in [2.05, 4.69) is 61.7 Å². The van der Waals surface area contributed by atoms with Crippen molar-refractivity contribution in [1.82, 2.24) is 0 Å². The maximum Gasteiger partial charge on any atom is 0.0506 e. The van der Waals surface area contributed by atoms with Crippen molar-refractivity contribution >= 4 is 12.2 Å². The third-order valence-corrected chi connectivity index (χ3v) is 4.08. The first-order valence-corrected chi connectivity index (χ1v) is 8.90. The Bertz CT molecular complexity index is 569. The van der Waals surface area contributed by atoms with Crippen LogP contribution in [-0.4, -0.2) is 26.4 Å². The van der Waals surface area contributed by atoms with E-state index in [1.807, 2.05) is 12.2 Å². The minimum Gasteiger partial charge on any atom is -0.381 e. The Morgan fingerprint density at radius 2 is 1.00 bits per heavy atom. The SMILES string of the molecule is C=Cc1ccc(CCOCCCOCCc2ccc(C=C)cc2)cc1. The molecule has 0 spiro atoms. The van der Waals surface area contributed by atoms with Crippen molar-refractivity contribution in [3.63, 3.8) is 0 Å². The standard InChI is InChI=1S/C23H28O2/c1-3-20-6-10-22(11-7-20)14-18-24-16-5-17-25-19-15-23-12-8-21(4-2)9-13-23/h3-4,6-13H,1-2,5,14-19H2. The van der Waals surface area contributed by atoms with E-state index in [0.29, 0.717) is 0 Å². The molecule has 0 fully saturated rings. The van der Waals surface area contributed by atoms with E-state index in [1.165, 1.54) is 11.1 Å². The Labute approximate surface area is 151 Å². The molecule has 0 radical (unpaired) electrons. The fraction of sp³-hybridized carbons (Fsp3) is 0.304. The van der Waals surface area contributed by atoms with Crippen molar-refractivity contribution < 1.29 is 9.47 Å². The van der Waals surface area contributed by atoms with Crippen LogP contribution in [0.5, 0.6) is 0 Å². The molecular formula is C23H28O2. The van der Waals surface area contributed by atoms with Crippen LogP contribution in [0.1, 0.15) is 28.7 Å². The monoisotopic (exact) mass is 336 g/mol. The molecule has 0 atom stereocenters. The summed E-state index contributed by atoms with van der Waals surface area (Å²) in [6, 6.07) is 16.9. The minimum atomic E-state index is 0.749. The average molecular weight is 336 g/mol. The first-order chi connectivity index (χ1) is 12.3. The number of hydrogen-bond acceptors (Lipinski definition) is 2. The molecule has 2 aromatic carbocycles. The summed E-state index contributed by atoms with van der Waals surface area (Å²) < 4.78 is 11.3. The van der Waals surface area contributed by atoms with Gasteiger partial charge in [0.05, 0.1) is 13.2 Å². The van der Waals surface area contributed by atoms with Gasteiger partial charge >= 0.3 is 0 Å². The molecule has 0 aromatic heterocycles. The van der Waals surface area contributed by atoms with E-state index in [1.54, 1.807) is 0 Å². The highest BCUT2D eigenvalue weighted by atomic mass is 16.5. The van der Waals surface area contributed by atoms with Crippen LogP contribution in [0, 0.1) is 0 Å². The summed E-state index contributed by atoms with van der Waals surface area (Å²) in [5.74, 6) is 0. The molecule has 0 amide bonds. The minimum absolute atomic E-state index is 0.749. The average Bonchev–Trinajstić information content (AvgIpc) is 2.67. The lowest BCUT2D eigenvalue weighted by atomic mass is 10.1. The molecule has 0 aliphatic heterocycles. The zero-order valence-corrected chi connectivity index (χ0v) is 15.0. The van der Waals surface area contributed by atoms with Crippen LogP contribution in [-0.2, 0) is 22.3 Å². The third kappa shape index (κ3) is 7.51. The van der Waals surface area contributed by atoms with Crippen molar-refractivity contribution in [2.24, 2.45) is 0 Å². The van der Waals surface area contributed by atoms with Gasteiger partial charge in [-0.05, 0) is 41.5 Å². The van der Waals surface area contributed by atoms with Crippen LogP contribution in [0.2, 0.25) is 0 Å². The van der Waals surface area contributed by atoms with Gasteiger partial charge in [-0.1, -0.05) is 73.8 Å². The molecular weight excluding hydrogens is 308 g/mol. The molecule has 2 heteroatoms. The van der Waals surface area contributed by atoms with Crippen molar-refractivity contribution in [1.29, 1.82) is 0 Å². The molecule has 0 N–H and O–H groups in total. The van der Waals surface area contributed by atoms with Crippen LogP contribution in [0.25, 0.3) is 12.2 Å². The highest BCUT2D eigenvalue weighted by Gasteiger charge is 1.96. The van der Waals surface area contributed by atoms with Gasteiger partial charge in [0.25, 0.3) is 0 Å². The molecule has 2 rings (SSSR count). The maximum absolute atomic E-state index is 5.67. The summed E-state index contributed by atoms with van der Waals surface area (Å²) in [6.45, 7) is 10.5. The van der Waals surface area contributed by atoms with Gasteiger partial charge < -0.3 is 9.47 Å². The second-order valence-corrected chi connectivity index (χ2v) is 5.97. The maximum atomic E-state index is 5.67. The molecule has 0 saturated carbocycles. The highest BCUT2D eigenvalue weighted by Crippen LogP contribution is 2.07. The zero-order chi connectivity index (χ0) is 17.7. The summed E-state index contributed by atoms with van der Waals surface area (Å²) in [5, 5.41) is 0. The van der Waals surface area contributed by atoms with Gasteiger partial charge in [-0.2, -0.15) is 0 Å². The lowest BCUT2D eigenvalue weighted by Crippen LogP contribution is -2.05. The van der Waals surface area contributed by atoms with Crippen molar-refractivity contribution in [3.8, 4) is 0 Å². The number of hydrogen-bond donors (Lipinski definition) is 0. The van der Waals surface area contributed by atoms with E-state index in [-0.39, 0.29) is 0 Å². The van der Waals surface area contributed by atoms with Gasteiger partial charge in [-0.25, -0.2) is 0 Å². The molecule has 2 aromatic rings. The zero-order valence-electron chi connectivity index (χ0n) is 15.0. The third-order valence-electron chi connectivity index (χ3n) is 4.08. The van der Waals surface area contributed by atoms with Gasteiger partial charge in [0.2, 0.25) is 0 Å². The van der Waals surface area contributed by atoms with E-state index in [0.717, 1.165) is 56.8 Å². The van der Waals surface area contributed by atoms with Crippen LogP contribution < -0.4 is 0 Å². The van der Waals surface area contributed by atoms with Crippen LogP contribution in [0.3, 0.4) is 0 Å². The fourth-order valence-electron chi connectivity index (χ4n) is 2.49. The van der Waals surface area contributed by atoms with Gasteiger partial charge in [0, 0.05) is 13.2 Å². The fourth-order valence-corrected chi connectivity index (χ4v) is 2.49. The lowest BCUT2D eigenvalue weighted by molar-refractivity contribution is 0.0852. The molecule has 132 valence electrons. The number of ether oxygens (including phenoxy) is 2. The topological polar surface area (TPSA) is 18.5 Å². The molecule has 25 heavy (non-hydrogen) atoms. The van der Waals surface area contributed by atoms with Crippen LogP contribution >= 0.6 is 0 Å². The van der Waals surface area contributed by atoms with E-state index >= 15 is 0 Å². The Hall–Kier alpha value is -2.16. The Morgan fingerprint density at radius 1 is 0.600 bits per heavy atom. The van der Waals surface area contributed by atoms with Gasteiger partial charge in [0.15, 0.2) is 0 Å². The predicted octanol–water partition coefficient (Wildman–Crippen LogP) is 5.18. The first-order valence-electron chi connectivity index (χ1n) is 8.90. The Morgan fingerprint density at radius 3 is 1.36 bits per heavy atom. The molecule has 0 bridgehead atoms. The molecule has 0 unspecified atom stereocenters. The number of benzene rings is 2. The van der Waals surface area contributed by atoms with Crippen LogP contribution in [0.4, 0.5) is 0 Å². The highest BCUT2D eigenvalue weighted by molar-refractivity contribution is 5.47. The van der Waals surface area contributed by atoms with E-state index in [9.17, 15) is 0 Å². The van der Waals surface area contributed by atoms with E-state index in [4.69, 9.17) is 9.47 Å². The molecule has 0 heterocycles. The first kappa shape index (κ1) is 19.2. The van der Waals surface area contributed by atoms with Gasteiger partial charge in [-0.3, -0.25) is 0 Å². The summed E-state index contributed by atoms with van der Waals surface area (Å²) in [7, 11) is 0. The molecule has 0 aliphatic carbocycles. The summed E-state index contributed by atoms with van der Waals surface area (Å²) in [5.41, 5.74) is 4.89. The quantitative estimate of drug-likeness (QED) is 0.497. The van der Waals surface area contributed by atoms with Gasteiger partial charge in [0.1, 0.15) is 0 Å². The smallest absolute Gasteiger partial charge is 0.0506 e. The predicted molar refractivity (Wildman–Crippen MR) is 107 cm³/mol. The van der Waals surface area contributed by atoms with E-state index < -0.39 is 0 Å². The normalized spacial score (nSPS) is 10.6. The summed E-state index contributed by atoms with van der Waals surface area (Å²) >= 11 is 0. The summed E-state index contributed by atoms with van der Waals surface area (Å²) in [6.07, 6.45) is 6.54. The van der Waals surface area contributed by atoms with Crippen molar-refractivity contribution in [3.05, 3.63) is 83.9 Å². The summed E-state index contributed by atoms with van der Waals surface area (Å²) in [4.78, 5) is 0. The lowest BCUT2D eigenvalue weighted by Gasteiger charge is -2.07. The largest absolute Gasteiger partial charge is 0.381 e. The second-order valence-electron chi connectivity index (χ2n) is 5.97. The molecule has 0 aliphatic rings.